The molecular weight excluding hydrogens is 264 g/mol. The summed E-state index contributed by atoms with van der Waals surface area (Å²) in [5.41, 5.74) is 11.2. The van der Waals surface area contributed by atoms with E-state index in [1.165, 1.54) is 0 Å². The number of nitrogens with one attached hydrogen (secondary N) is 2. The number of hydrogen-bond acceptors (Lipinski definition) is 2. The first kappa shape index (κ1) is 12.9. The Hall–Kier alpha value is -3.08. The summed E-state index contributed by atoms with van der Waals surface area (Å²) in [4.78, 5) is 14.1. The minimum atomic E-state index is -0.688. The maximum absolute atomic E-state index is 10.7. The number of para-hydroxylation sites is 1. The summed E-state index contributed by atoms with van der Waals surface area (Å²) < 4.78 is 0. The Bertz CT molecular complexity index is 806. The molecule has 2 aromatic carbocycles. The van der Waals surface area contributed by atoms with Crippen LogP contribution in [0.1, 0.15) is 5.56 Å². The largest absolute Gasteiger partial charge is 0.354 e. The molecule has 3 aromatic rings. The third-order valence-corrected chi connectivity index (χ3v) is 3.18. The van der Waals surface area contributed by atoms with Crippen molar-refractivity contribution in [3.8, 4) is 11.3 Å². The minimum Gasteiger partial charge on any atom is -0.354 e. The lowest BCUT2D eigenvalue weighted by Gasteiger charge is -2.00. The number of carbonyl (C=O) groups excluding carboxylic acids is 1. The van der Waals surface area contributed by atoms with Gasteiger partial charge >= 0.3 is 6.03 Å². The first-order valence-corrected chi connectivity index (χ1v) is 6.50. The Balaban J connectivity index is 2.14. The van der Waals surface area contributed by atoms with Crippen molar-refractivity contribution >= 4 is 23.1 Å². The Morgan fingerprint density at radius 1 is 1.10 bits per heavy atom. The second-order valence-corrected chi connectivity index (χ2v) is 4.56. The zero-order valence-corrected chi connectivity index (χ0v) is 11.2. The van der Waals surface area contributed by atoms with Crippen LogP contribution in [0.25, 0.3) is 22.2 Å². The maximum Gasteiger partial charge on any atom is 0.332 e. The molecule has 0 aliphatic heterocycles. The van der Waals surface area contributed by atoms with E-state index in [-0.39, 0.29) is 0 Å². The molecule has 0 aliphatic carbocycles. The molecule has 0 spiro atoms. The van der Waals surface area contributed by atoms with Gasteiger partial charge in [-0.2, -0.15) is 5.10 Å². The Labute approximate surface area is 121 Å². The van der Waals surface area contributed by atoms with Crippen molar-refractivity contribution in [2.24, 2.45) is 10.8 Å². The summed E-state index contributed by atoms with van der Waals surface area (Å²) in [6.45, 7) is 0. The number of urea groups is 1. The van der Waals surface area contributed by atoms with Gasteiger partial charge in [0.1, 0.15) is 0 Å². The minimum absolute atomic E-state index is 0.688. The molecule has 0 saturated carbocycles. The zero-order chi connectivity index (χ0) is 14.7. The summed E-state index contributed by atoms with van der Waals surface area (Å²) in [6.07, 6.45) is 1.60. The average molecular weight is 278 g/mol. The molecule has 0 atom stereocenters. The van der Waals surface area contributed by atoms with Gasteiger partial charge in [-0.25, -0.2) is 10.2 Å². The second-order valence-electron chi connectivity index (χ2n) is 4.56. The van der Waals surface area contributed by atoms with Crippen LogP contribution in [0.4, 0.5) is 4.79 Å². The highest BCUT2D eigenvalue weighted by Crippen LogP contribution is 2.28. The predicted molar refractivity (Wildman–Crippen MR) is 84.0 cm³/mol. The van der Waals surface area contributed by atoms with Crippen molar-refractivity contribution in [3.63, 3.8) is 0 Å². The van der Waals surface area contributed by atoms with E-state index in [9.17, 15) is 4.79 Å². The Morgan fingerprint density at radius 2 is 1.81 bits per heavy atom. The fourth-order valence-corrected chi connectivity index (χ4v) is 2.29. The molecule has 104 valence electrons. The summed E-state index contributed by atoms with van der Waals surface area (Å²) in [5, 5.41) is 4.91. The van der Waals surface area contributed by atoms with Crippen LogP contribution in [0.3, 0.4) is 0 Å². The molecule has 1 heterocycles. The molecule has 0 aliphatic rings. The van der Waals surface area contributed by atoms with E-state index in [4.69, 9.17) is 5.73 Å². The molecule has 0 fully saturated rings. The fourth-order valence-electron chi connectivity index (χ4n) is 2.29. The monoisotopic (exact) mass is 278 g/mol. The van der Waals surface area contributed by atoms with E-state index in [1.54, 1.807) is 6.21 Å². The number of primary amides is 1. The molecule has 0 unspecified atom stereocenters. The third kappa shape index (κ3) is 2.62. The van der Waals surface area contributed by atoms with Crippen molar-refractivity contribution < 1.29 is 4.79 Å². The van der Waals surface area contributed by atoms with Gasteiger partial charge in [0.2, 0.25) is 0 Å². The van der Waals surface area contributed by atoms with Crippen molar-refractivity contribution in [2.75, 3.05) is 0 Å². The van der Waals surface area contributed by atoms with E-state index in [0.29, 0.717) is 0 Å². The highest BCUT2D eigenvalue weighted by molar-refractivity contribution is 6.06. The third-order valence-electron chi connectivity index (χ3n) is 3.18. The van der Waals surface area contributed by atoms with Crippen LogP contribution in [-0.4, -0.2) is 17.2 Å². The number of nitrogens with zero attached hydrogens (tertiary/aromatic N) is 1. The lowest BCUT2D eigenvalue weighted by Crippen LogP contribution is -2.24. The normalized spacial score (nSPS) is 11.0. The number of fused-ring (bicyclic) bond motifs is 1. The molecule has 5 heteroatoms. The molecule has 2 amide bonds. The fraction of sp³-hybridized carbons (Fsp3) is 0. The van der Waals surface area contributed by atoms with Gasteiger partial charge in [-0.15, -0.1) is 0 Å². The number of nitrogens with two attached hydrogens (primary N) is 1. The number of H-pyrrole nitrogens is 1. The van der Waals surface area contributed by atoms with Crippen molar-refractivity contribution in [1.29, 1.82) is 0 Å². The van der Waals surface area contributed by atoms with E-state index in [0.717, 1.165) is 27.7 Å². The quantitative estimate of drug-likeness (QED) is 0.499. The van der Waals surface area contributed by atoms with Gasteiger partial charge in [0.25, 0.3) is 0 Å². The van der Waals surface area contributed by atoms with Crippen LogP contribution >= 0.6 is 0 Å². The van der Waals surface area contributed by atoms with E-state index >= 15 is 0 Å². The lowest BCUT2D eigenvalue weighted by molar-refractivity contribution is 0.249. The van der Waals surface area contributed by atoms with Crippen LogP contribution in [0.15, 0.2) is 59.7 Å². The molecule has 5 nitrogen and oxygen atoms in total. The van der Waals surface area contributed by atoms with Crippen LogP contribution in [0.2, 0.25) is 0 Å². The lowest BCUT2D eigenvalue weighted by atomic mass is 10.1. The standard InChI is InChI=1S/C16H14N4O/c17-16(21)20-18-10-13-12-8-4-5-9-14(12)19-15(13)11-6-2-1-3-7-11/h1-10,19H,(H3,17,20,21)/b18-10+. The summed E-state index contributed by atoms with van der Waals surface area (Å²) in [6, 6.07) is 17.2. The summed E-state index contributed by atoms with van der Waals surface area (Å²) >= 11 is 0. The molecule has 1 aromatic heterocycles. The molecule has 3 rings (SSSR count). The number of rotatable bonds is 3. The zero-order valence-electron chi connectivity index (χ0n) is 11.2. The van der Waals surface area contributed by atoms with E-state index in [1.807, 2.05) is 54.6 Å². The van der Waals surface area contributed by atoms with Gasteiger partial charge in [0.05, 0.1) is 11.9 Å². The number of amides is 2. The van der Waals surface area contributed by atoms with Crippen molar-refractivity contribution in [3.05, 3.63) is 60.2 Å². The van der Waals surface area contributed by atoms with E-state index in [2.05, 4.69) is 15.5 Å². The molecule has 4 N–H and O–H groups in total. The van der Waals surface area contributed by atoms with Gasteiger partial charge in [-0.3, -0.25) is 0 Å². The van der Waals surface area contributed by atoms with Gasteiger partial charge < -0.3 is 10.7 Å². The number of hydrogen-bond donors (Lipinski definition) is 3. The SMILES string of the molecule is NC(=O)N/N=C/c1c(-c2ccccc2)[nH]c2ccccc12. The Kier molecular flexibility index (Phi) is 3.39. The Morgan fingerprint density at radius 3 is 2.57 bits per heavy atom. The molecular formula is C16H14N4O. The number of hydrazone groups is 1. The number of carbonyl (C=O) groups is 1. The van der Waals surface area contributed by atoms with Gasteiger partial charge in [0, 0.05) is 16.5 Å². The number of aromatic nitrogens is 1. The second kappa shape index (κ2) is 5.50. The summed E-state index contributed by atoms with van der Waals surface area (Å²) in [5.74, 6) is 0. The summed E-state index contributed by atoms with van der Waals surface area (Å²) in [7, 11) is 0. The van der Waals surface area contributed by atoms with Gasteiger partial charge in [-0.05, 0) is 11.6 Å². The average Bonchev–Trinajstić information content (AvgIpc) is 2.87. The highest BCUT2D eigenvalue weighted by atomic mass is 16.2. The van der Waals surface area contributed by atoms with Crippen molar-refractivity contribution in [1.82, 2.24) is 10.4 Å². The highest BCUT2D eigenvalue weighted by Gasteiger charge is 2.10. The first-order valence-electron chi connectivity index (χ1n) is 6.50. The van der Waals surface area contributed by atoms with Gasteiger partial charge in [-0.1, -0.05) is 48.5 Å². The van der Waals surface area contributed by atoms with Crippen LogP contribution < -0.4 is 11.2 Å². The molecule has 0 bridgehead atoms. The van der Waals surface area contributed by atoms with E-state index < -0.39 is 6.03 Å². The predicted octanol–water partition coefficient (Wildman–Crippen LogP) is 2.84. The van der Waals surface area contributed by atoms with Gasteiger partial charge in [0.15, 0.2) is 0 Å². The van der Waals surface area contributed by atoms with Crippen LogP contribution in [0.5, 0.6) is 0 Å². The topological polar surface area (TPSA) is 83.3 Å². The molecule has 0 saturated heterocycles. The van der Waals surface area contributed by atoms with Crippen molar-refractivity contribution in [2.45, 2.75) is 0 Å². The number of aromatic amines is 1. The van der Waals surface area contributed by atoms with Crippen LogP contribution in [-0.2, 0) is 0 Å². The molecule has 0 radical (unpaired) electrons. The first-order chi connectivity index (χ1) is 10.3. The molecule has 21 heavy (non-hydrogen) atoms. The number of benzene rings is 2. The smallest absolute Gasteiger partial charge is 0.332 e. The van der Waals surface area contributed by atoms with Crippen LogP contribution in [0, 0.1) is 0 Å². The maximum atomic E-state index is 10.7.